The molecule has 0 spiro atoms. The van der Waals surface area contributed by atoms with Gasteiger partial charge in [-0.25, -0.2) is 0 Å². The second-order valence-electron chi connectivity index (χ2n) is 9.78. The zero-order valence-electron chi connectivity index (χ0n) is 20.4. The molecule has 0 aromatic heterocycles. The SMILES string of the molecule is CCCCCCCC(=O)N1CCC(CCCCC(CCCC)CCCCC)CC1. The summed E-state index contributed by atoms with van der Waals surface area (Å²) in [5.41, 5.74) is 0. The normalized spacial score (nSPS) is 16.3. The predicted octanol–water partition coefficient (Wildman–Crippen LogP) is 8.53. The van der Waals surface area contributed by atoms with Crippen LogP contribution in [0.25, 0.3) is 0 Å². The van der Waals surface area contributed by atoms with Gasteiger partial charge in [-0.15, -0.1) is 0 Å². The molecule has 2 heteroatoms. The predicted molar refractivity (Wildman–Crippen MR) is 128 cm³/mol. The standard InChI is InChI=1S/C27H53NO/c1-4-7-10-11-13-20-27(29)28-23-21-26(22-24-28)19-15-14-18-25(16-9-6-3)17-12-8-5-2/h25-26H,4-24H2,1-3H3. The minimum absolute atomic E-state index is 0.422. The topological polar surface area (TPSA) is 20.3 Å². The van der Waals surface area contributed by atoms with Crippen LogP contribution in [0.15, 0.2) is 0 Å². The molecule has 1 heterocycles. The van der Waals surface area contributed by atoms with E-state index >= 15 is 0 Å². The maximum atomic E-state index is 12.4. The second kappa shape index (κ2) is 18.3. The molecule has 0 aliphatic carbocycles. The van der Waals surface area contributed by atoms with Crippen LogP contribution in [0.3, 0.4) is 0 Å². The van der Waals surface area contributed by atoms with Gasteiger partial charge in [0.1, 0.15) is 0 Å². The Morgan fingerprint density at radius 2 is 1.28 bits per heavy atom. The van der Waals surface area contributed by atoms with Crippen LogP contribution in [-0.4, -0.2) is 23.9 Å². The Kier molecular flexibility index (Phi) is 16.7. The number of rotatable bonds is 18. The molecular weight excluding hydrogens is 354 g/mol. The molecule has 0 bridgehead atoms. The van der Waals surface area contributed by atoms with Crippen LogP contribution in [-0.2, 0) is 4.79 Å². The molecule has 0 radical (unpaired) electrons. The van der Waals surface area contributed by atoms with E-state index in [1.54, 1.807) is 0 Å². The number of unbranched alkanes of at least 4 members (excludes halogenated alkanes) is 8. The average molecular weight is 408 g/mol. The van der Waals surface area contributed by atoms with E-state index in [4.69, 9.17) is 0 Å². The Labute approximate surface area is 183 Å². The van der Waals surface area contributed by atoms with E-state index in [-0.39, 0.29) is 0 Å². The van der Waals surface area contributed by atoms with Crippen LogP contribution in [0.2, 0.25) is 0 Å². The molecule has 1 aliphatic heterocycles. The molecule has 0 aromatic carbocycles. The monoisotopic (exact) mass is 407 g/mol. The molecule has 2 nitrogen and oxygen atoms in total. The van der Waals surface area contributed by atoms with Gasteiger partial charge in [0.15, 0.2) is 0 Å². The highest BCUT2D eigenvalue weighted by Gasteiger charge is 2.22. The van der Waals surface area contributed by atoms with Crippen LogP contribution in [0.5, 0.6) is 0 Å². The van der Waals surface area contributed by atoms with E-state index in [1.165, 1.54) is 109 Å². The van der Waals surface area contributed by atoms with Crippen molar-refractivity contribution in [3.05, 3.63) is 0 Å². The Balaban J connectivity index is 2.10. The highest BCUT2D eigenvalue weighted by molar-refractivity contribution is 5.76. The number of carbonyl (C=O) groups is 1. The van der Waals surface area contributed by atoms with Crippen LogP contribution < -0.4 is 0 Å². The molecular formula is C27H53NO. The van der Waals surface area contributed by atoms with Crippen molar-refractivity contribution in [3.63, 3.8) is 0 Å². The smallest absolute Gasteiger partial charge is 0.222 e. The minimum atomic E-state index is 0.422. The molecule has 1 amide bonds. The average Bonchev–Trinajstić information content (AvgIpc) is 2.74. The van der Waals surface area contributed by atoms with Crippen LogP contribution >= 0.6 is 0 Å². The molecule has 172 valence electrons. The first kappa shape index (κ1) is 26.5. The molecule has 0 aromatic rings. The highest BCUT2D eigenvalue weighted by Crippen LogP contribution is 2.27. The van der Waals surface area contributed by atoms with Gasteiger partial charge in [0.25, 0.3) is 0 Å². The van der Waals surface area contributed by atoms with Gasteiger partial charge < -0.3 is 4.90 Å². The van der Waals surface area contributed by atoms with Crippen molar-refractivity contribution in [2.75, 3.05) is 13.1 Å². The largest absolute Gasteiger partial charge is 0.343 e. The van der Waals surface area contributed by atoms with Crippen molar-refractivity contribution < 1.29 is 4.79 Å². The van der Waals surface area contributed by atoms with Gasteiger partial charge in [0.05, 0.1) is 0 Å². The molecule has 1 saturated heterocycles. The number of hydrogen-bond acceptors (Lipinski definition) is 1. The molecule has 1 aliphatic rings. The van der Waals surface area contributed by atoms with Gasteiger partial charge in [0.2, 0.25) is 5.91 Å². The number of carbonyl (C=O) groups excluding carboxylic acids is 1. The maximum absolute atomic E-state index is 12.4. The summed E-state index contributed by atoms with van der Waals surface area (Å²) < 4.78 is 0. The molecule has 1 unspecified atom stereocenters. The fourth-order valence-electron chi connectivity index (χ4n) is 4.98. The van der Waals surface area contributed by atoms with Gasteiger partial charge in [0, 0.05) is 19.5 Å². The summed E-state index contributed by atoms with van der Waals surface area (Å²) in [5, 5.41) is 0. The van der Waals surface area contributed by atoms with E-state index in [9.17, 15) is 4.79 Å². The van der Waals surface area contributed by atoms with Crippen molar-refractivity contribution in [3.8, 4) is 0 Å². The lowest BCUT2D eigenvalue weighted by molar-refractivity contribution is -0.132. The van der Waals surface area contributed by atoms with Crippen molar-refractivity contribution in [2.45, 2.75) is 143 Å². The lowest BCUT2D eigenvalue weighted by atomic mass is 9.87. The van der Waals surface area contributed by atoms with Crippen LogP contribution in [0, 0.1) is 11.8 Å². The molecule has 0 saturated carbocycles. The zero-order chi connectivity index (χ0) is 21.2. The van der Waals surface area contributed by atoms with E-state index in [0.29, 0.717) is 5.91 Å². The first-order chi connectivity index (χ1) is 14.2. The van der Waals surface area contributed by atoms with Gasteiger partial charge >= 0.3 is 0 Å². The molecule has 29 heavy (non-hydrogen) atoms. The third kappa shape index (κ3) is 13.4. The quantitative estimate of drug-likeness (QED) is 0.208. The van der Waals surface area contributed by atoms with Crippen molar-refractivity contribution >= 4 is 5.91 Å². The number of amides is 1. The summed E-state index contributed by atoms with van der Waals surface area (Å²) in [4.78, 5) is 14.6. The molecule has 1 fully saturated rings. The maximum Gasteiger partial charge on any atom is 0.222 e. The molecule has 1 atom stereocenters. The number of hydrogen-bond donors (Lipinski definition) is 0. The summed E-state index contributed by atoms with van der Waals surface area (Å²) >= 11 is 0. The van der Waals surface area contributed by atoms with E-state index in [0.717, 1.165) is 37.8 Å². The summed E-state index contributed by atoms with van der Waals surface area (Å²) in [6, 6.07) is 0. The zero-order valence-corrected chi connectivity index (χ0v) is 20.4. The number of likely N-dealkylation sites (tertiary alicyclic amines) is 1. The van der Waals surface area contributed by atoms with Gasteiger partial charge in [-0.2, -0.15) is 0 Å². The Morgan fingerprint density at radius 3 is 1.93 bits per heavy atom. The van der Waals surface area contributed by atoms with Crippen LogP contribution in [0.4, 0.5) is 0 Å². The fraction of sp³-hybridized carbons (Fsp3) is 0.963. The lowest BCUT2D eigenvalue weighted by Gasteiger charge is -2.32. The van der Waals surface area contributed by atoms with Crippen molar-refractivity contribution in [2.24, 2.45) is 11.8 Å². The number of piperidine rings is 1. The molecule has 1 rings (SSSR count). The third-order valence-corrected chi connectivity index (χ3v) is 7.12. The summed E-state index contributed by atoms with van der Waals surface area (Å²) in [6.07, 6.45) is 25.1. The Bertz CT molecular complexity index is 373. The van der Waals surface area contributed by atoms with Crippen molar-refractivity contribution in [1.82, 2.24) is 4.90 Å². The van der Waals surface area contributed by atoms with Gasteiger partial charge in [-0.05, 0) is 31.1 Å². The number of nitrogens with zero attached hydrogens (tertiary/aromatic N) is 1. The van der Waals surface area contributed by atoms with E-state index in [1.807, 2.05) is 0 Å². The first-order valence-electron chi connectivity index (χ1n) is 13.5. The van der Waals surface area contributed by atoms with E-state index < -0.39 is 0 Å². The summed E-state index contributed by atoms with van der Waals surface area (Å²) in [5.74, 6) is 2.28. The lowest BCUT2D eigenvalue weighted by Crippen LogP contribution is -2.38. The highest BCUT2D eigenvalue weighted by atomic mass is 16.2. The van der Waals surface area contributed by atoms with Gasteiger partial charge in [-0.1, -0.05) is 117 Å². The minimum Gasteiger partial charge on any atom is -0.343 e. The fourth-order valence-corrected chi connectivity index (χ4v) is 4.98. The Morgan fingerprint density at radius 1 is 0.724 bits per heavy atom. The van der Waals surface area contributed by atoms with Crippen LogP contribution in [0.1, 0.15) is 143 Å². The summed E-state index contributed by atoms with van der Waals surface area (Å²) in [7, 11) is 0. The third-order valence-electron chi connectivity index (χ3n) is 7.12. The molecule has 0 N–H and O–H groups in total. The van der Waals surface area contributed by atoms with Gasteiger partial charge in [-0.3, -0.25) is 4.79 Å². The second-order valence-corrected chi connectivity index (χ2v) is 9.78. The van der Waals surface area contributed by atoms with E-state index in [2.05, 4.69) is 25.7 Å². The Hall–Kier alpha value is -0.530. The first-order valence-corrected chi connectivity index (χ1v) is 13.5. The van der Waals surface area contributed by atoms with Crippen molar-refractivity contribution in [1.29, 1.82) is 0 Å². The summed E-state index contributed by atoms with van der Waals surface area (Å²) in [6.45, 7) is 8.93.